The first-order chi connectivity index (χ1) is 36.6. The average Bonchev–Trinajstić information content (AvgIpc) is 4.05. The third-order valence-electron chi connectivity index (χ3n) is 12.9. The first-order valence-corrected chi connectivity index (χ1v) is 28.0. The van der Waals surface area contributed by atoms with Crippen molar-refractivity contribution in [3.8, 4) is 16.3 Å². The summed E-state index contributed by atoms with van der Waals surface area (Å²) in [5.74, 6) is -0.641. The van der Waals surface area contributed by atoms with Crippen molar-refractivity contribution in [3.63, 3.8) is 0 Å². The Kier molecular flexibility index (Phi) is 17.9. The number of hydrogen-bond donors (Lipinski definition) is 1. The highest BCUT2D eigenvalue weighted by molar-refractivity contribution is 7.21. The summed E-state index contributed by atoms with van der Waals surface area (Å²) in [4.78, 5) is 73.1. The minimum atomic E-state index is -0.491. The molecule has 5 heterocycles. The number of para-hydroxylation sites is 2. The van der Waals surface area contributed by atoms with E-state index in [1.165, 1.54) is 22.7 Å². The molecule has 14 nitrogen and oxygen atoms in total. The van der Waals surface area contributed by atoms with Crippen LogP contribution in [0.15, 0.2) is 100 Å². The molecule has 0 saturated carbocycles. The summed E-state index contributed by atoms with van der Waals surface area (Å²) in [6.07, 6.45) is 7.31. The second kappa shape index (κ2) is 23.8. The Morgan fingerprint density at radius 1 is 0.692 bits per heavy atom. The van der Waals surface area contributed by atoms with E-state index in [0.29, 0.717) is 67.8 Å². The van der Waals surface area contributed by atoms with Gasteiger partial charge >= 0.3 is 23.5 Å². The third kappa shape index (κ3) is 14.5. The number of nitrogens with zero attached hydrogens (tertiary/aromatic N) is 4. The second-order valence-electron chi connectivity index (χ2n) is 22.6. The number of anilines is 2. The first-order valence-electron chi connectivity index (χ1n) is 26.3. The Morgan fingerprint density at radius 3 is 1.71 bits per heavy atom. The molecule has 2 aliphatic rings. The van der Waals surface area contributed by atoms with Gasteiger partial charge in [0.25, 0.3) is 0 Å². The molecular weight excluding hydrogens is 1020 g/mol. The van der Waals surface area contributed by atoms with Crippen LogP contribution in [-0.4, -0.2) is 81.2 Å². The lowest BCUT2D eigenvalue weighted by Gasteiger charge is -2.43. The molecule has 412 valence electrons. The average molecular weight is 1100 g/mol. The fraction of sp³-hybridized carbons (Fsp3) is 0.403. The monoisotopic (exact) mass is 1100 g/mol. The van der Waals surface area contributed by atoms with E-state index in [-0.39, 0.29) is 46.7 Å². The van der Waals surface area contributed by atoms with Gasteiger partial charge in [-0.05, 0) is 156 Å². The van der Waals surface area contributed by atoms with Gasteiger partial charge < -0.3 is 33.5 Å². The topological polar surface area (TPSA) is 179 Å². The zero-order chi connectivity index (χ0) is 56.9. The van der Waals surface area contributed by atoms with Crippen molar-refractivity contribution in [2.75, 3.05) is 29.5 Å². The van der Waals surface area contributed by atoms with Crippen LogP contribution in [-0.2, 0) is 35.0 Å². The van der Waals surface area contributed by atoms with E-state index in [0.717, 1.165) is 64.5 Å². The molecule has 1 N–H and O–H groups in total. The highest BCUT2D eigenvalue weighted by Gasteiger charge is 2.34. The standard InChI is InChI=1S/C30H32N2O4S.C21H29NO4.C11H11NO2S/c1-18-17-30(5,6)32(13-9-12-26(33)36-29(2,3)4)23-16-24-19(14-20(18)23)15-21(28(34)35-24)27-31-22-10-7-8-11-25(22)37-27;1-14-12-21(5,6)22(9-7-8-19(25)26-20(2,3)4)17-11-18(24)15(13-23)10-16(14)17;1-2-14-11(13)7-10-12-8-5-3-4-6-9(8)15-10/h7-8,10-11,14-17H,9,12-13H2,1-6H3;10-13,24H,7-9H2,1-6H3;3-6H,2,7H2,1H3. The number of rotatable bonds is 13. The normalized spacial score (nSPS) is 14.5. The predicted molar refractivity (Wildman–Crippen MR) is 315 cm³/mol. The molecule has 0 bridgehead atoms. The Bertz CT molecular complexity index is 3430. The summed E-state index contributed by atoms with van der Waals surface area (Å²) in [5.41, 5.74) is 7.34. The molecule has 0 spiro atoms. The Hall–Kier alpha value is -7.17. The van der Waals surface area contributed by atoms with Crippen molar-refractivity contribution in [1.82, 2.24) is 9.97 Å². The molecule has 4 aromatic carbocycles. The van der Waals surface area contributed by atoms with Gasteiger partial charge in [-0.1, -0.05) is 36.4 Å². The number of carbonyl (C=O) groups is 4. The molecule has 3 aromatic heterocycles. The minimum Gasteiger partial charge on any atom is -0.507 e. The number of aromatic hydroxyl groups is 1. The Morgan fingerprint density at radius 2 is 1.19 bits per heavy atom. The molecule has 9 rings (SSSR count). The van der Waals surface area contributed by atoms with Crippen molar-refractivity contribution in [3.05, 3.63) is 123 Å². The molecule has 0 radical (unpaired) electrons. The van der Waals surface area contributed by atoms with Gasteiger partial charge in [0.2, 0.25) is 0 Å². The molecule has 0 fully saturated rings. The zero-order valence-corrected chi connectivity index (χ0v) is 48.8. The van der Waals surface area contributed by atoms with E-state index in [2.05, 4.69) is 72.6 Å². The van der Waals surface area contributed by atoms with Crippen LogP contribution in [0.4, 0.5) is 11.4 Å². The smallest absolute Gasteiger partial charge is 0.346 e. The van der Waals surface area contributed by atoms with Gasteiger partial charge in [-0.25, -0.2) is 14.8 Å². The number of allylic oxidation sites excluding steroid dienone is 2. The maximum atomic E-state index is 13.0. The van der Waals surface area contributed by atoms with Crippen molar-refractivity contribution >= 4 is 101 Å². The van der Waals surface area contributed by atoms with E-state index in [1.807, 2.05) is 109 Å². The molecule has 2 aliphatic heterocycles. The quantitative estimate of drug-likeness (QED) is 0.0499. The summed E-state index contributed by atoms with van der Waals surface area (Å²) in [5, 5.41) is 12.5. The van der Waals surface area contributed by atoms with Gasteiger partial charge in [0.15, 0.2) is 6.29 Å². The van der Waals surface area contributed by atoms with Crippen LogP contribution in [0.1, 0.15) is 142 Å². The van der Waals surface area contributed by atoms with Crippen LogP contribution in [0.3, 0.4) is 0 Å². The molecule has 0 unspecified atom stereocenters. The summed E-state index contributed by atoms with van der Waals surface area (Å²) in [6, 6.07) is 25.0. The highest BCUT2D eigenvalue weighted by atomic mass is 32.1. The van der Waals surface area contributed by atoms with Crippen molar-refractivity contribution in [2.45, 2.75) is 144 Å². The van der Waals surface area contributed by atoms with Crippen LogP contribution in [0, 0.1) is 0 Å². The van der Waals surface area contributed by atoms with Crippen LogP contribution >= 0.6 is 22.7 Å². The number of esters is 3. The molecule has 0 atom stereocenters. The molecule has 7 aromatic rings. The van der Waals surface area contributed by atoms with E-state index >= 15 is 0 Å². The molecule has 0 saturated heterocycles. The van der Waals surface area contributed by atoms with E-state index in [1.54, 1.807) is 19.1 Å². The van der Waals surface area contributed by atoms with E-state index in [4.69, 9.17) is 18.6 Å². The number of ether oxygens (including phenoxy) is 3. The number of aromatic nitrogens is 2. The van der Waals surface area contributed by atoms with Crippen LogP contribution in [0.5, 0.6) is 5.75 Å². The molecule has 0 amide bonds. The van der Waals surface area contributed by atoms with Gasteiger partial charge in [-0.15, -0.1) is 22.7 Å². The Balaban J connectivity index is 0.000000186. The lowest BCUT2D eigenvalue weighted by Crippen LogP contribution is -2.45. The third-order valence-corrected chi connectivity index (χ3v) is 15.0. The fourth-order valence-corrected chi connectivity index (χ4v) is 11.7. The van der Waals surface area contributed by atoms with Gasteiger partial charge in [-0.2, -0.15) is 0 Å². The number of phenolic OH excluding ortho intramolecular Hbond substituents is 1. The number of carbonyl (C=O) groups excluding carboxylic acids is 4. The summed E-state index contributed by atoms with van der Waals surface area (Å²) < 4.78 is 23.7. The van der Waals surface area contributed by atoms with Gasteiger partial charge in [0, 0.05) is 66.0 Å². The Labute approximate surface area is 464 Å². The summed E-state index contributed by atoms with van der Waals surface area (Å²) in [7, 11) is 0. The lowest BCUT2D eigenvalue weighted by atomic mass is 9.87. The van der Waals surface area contributed by atoms with Crippen molar-refractivity contribution < 1.29 is 42.9 Å². The predicted octanol–water partition coefficient (Wildman–Crippen LogP) is 13.9. The lowest BCUT2D eigenvalue weighted by molar-refractivity contribution is -0.156. The molecule has 78 heavy (non-hydrogen) atoms. The zero-order valence-electron chi connectivity index (χ0n) is 47.1. The van der Waals surface area contributed by atoms with Gasteiger partial charge in [0.1, 0.15) is 32.5 Å². The number of benzene rings is 4. The van der Waals surface area contributed by atoms with Crippen LogP contribution in [0.2, 0.25) is 0 Å². The number of hydrogen-bond acceptors (Lipinski definition) is 16. The SMILES string of the molecule is CC1=CC(C)(C)N(CCCC(=O)OC(C)(C)C)c2cc(O)c(C=O)cc21.CC1=CC(C)(C)N(CCCC(=O)OC(C)(C)C)c2cc3oc(=O)c(-c4nc5ccccc5s4)cc3cc21.CCOC(=O)Cc1nc2ccccc2s1. The van der Waals surface area contributed by atoms with Gasteiger partial charge in [0.05, 0.1) is 55.7 Å². The first kappa shape index (κ1) is 58.5. The molecular formula is C62H72N4O10S2. The van der Waals surface area contributed by atoms with Gasteiger partial charge in [-0.3, -0.25) is 19.2 Å². The second-order valence-corrected chi connectivity index (χ2v) is 24.7. The highest BCUT2D eigenvalue weighted by Crippen LogP contribution is 2.43. The number of thiazole rings is 2. The maximum Gasteiger partial charge on any atom is 0.346 e. The largest absolute Gasteiger partial charge is 0.507 e. The number of fused-ring (bicyclic) bond motifs is 5. The minimum absolute atomic E-state index is 0.0265. The maximum absolute atomic E-state index is 13.0. The van der Waals surface area contributed by atoms with Crippen molar-refractivity contribution in [1.29, 1.82) is 0 Å². The molecule has 16 heteroatoms. The van der Waals surface area contributed by atoms with Crippen molar-refractivity contribution in [2.24, 2.45) is 0 Å². The number of aldehydes is 1. The van der Waals surface area contributed by atoms with E-state index in [9.17, 15) is 29.1 Å². The summed E-state index contributed by atoms with van der Waals surface area (Å²) >= 11 is 3.03. The molecule has 0 aliphatic carbocycles. The van der Waals surface area contributed by atoms with Crippen LogP contribution in [0.25, 0.3) is 53.1 Å². The fourth-order valence-electron chi connectivity index (χ4n) is 9.75. The summed E-state index contributed by atoms with van der Waals surface area (Å²) in [6.45, 7) is 27.4. The number of phenols is 1. The van der Waals surface area contributed by atoms with E-state index < -0.39 is 16.8 Å². The van der Waals surface area contributed by atoms with Crippen LogP contribution < -0.4 is 15.4 Å².